The fourth-order valence-electron chi connectivity index (χ4n) is 3.15. The molecule has 1 amide bonds. The minimum absolute atomic E-state index is 0.110. The van der Waals surface area contributed by atoms with Crippen LogP contribution in [0.15, 0.2) is 27.4 Å². The van der Waals surface area contributed by atoms with Crippen LogP contribution in [0.4, 0.5) is 0 Å². The van der Waals surface area contributed by atoms with E-state index in [2.05, 4.69) is 4.90 Å². The molecule has 0 radical (unpaired) electrons. The van der Waals surface area contributed by atoms with Crippen molar-refractivity contribution < 1.29 is 9.21 Å². The second-order valence-corrected chi connectivity index (χ2v) is 6.57. The van der Waals surface area contributed by atoms with Gasteiger partial charge in [0.1, 0.15) is 5.58 Å². The maximum absolute atomic E-state index is 11.9. The van der Waals surface area contributed by atoms with Crippen molar-refractivity contribution in [1.29, 1.82) is 0 Å². The molecule has 0 aliphatic carbocycles. The van der Waals surface area contributed by atoms with Gasteiger partial charge in [-0.1, -0.05) is 18.5 Å². The van der Waals surface area contributed by atoms with Gasteiger partial charge in [-0.2, -0.15) is 0 Å². The Balaban J connectivity index is 1.88. The molecule has 24 heavy (non-hydrogen) atoms. The Bertz CT molecular complexity index is 823. The maximum Gasteiger partial charge on any atom is 0.336 e. The highest BCUT2D eigenvalue weighted by Gasteiger charge is 2.20. The fraction of sp³-hybridized carbons (Fsp3) is 0.444. The minimum atomic E-state index is -0.343. The number of amides is 1. The summed E-state index contributed by atoms with van der Waals surface area (Å²) in [6.07, 6.45) is 0.787. The lowest BCUT2D eigenvalue weighted by Crippen LogP contribution is -2.47. The summed E-state index contributed by atoms with van der Waals surface area (Å²) in [5.74, 6) is 0.110. The number of piperazine rings is 1. The molecule has 0 N–H and O–H groups in total. The molecule has 1 fully saturated rings. The van der Waals surface area contributed by atoms with Crippen molar-refractivity contribution in [3.63, 3.8) is 0 Å². The lowest BCUT2D eigenvalue weighted by Gasteiger charge is -2.34. The molecule has 0 unspecified atom stereocenters. The van der Waals surface area contributed by atoms with Gasteiger partial charge >= 0.3 is 5.63 Å². The molecule has 2 heterocycles. The highest BCUT2D eigenvalue weighted by Crippen LogP contribution is 2.27. The Morgan fingerprint density at radius 2 is 1.88 bits per heavy atom. The number of hydrogen-bond donors (Lipinski definition) is 0. The number of hydrogen-bond acceptors (Lipinski definition) is 4. The van der Waals surface area contributed by atoms with E-state index in [1.54, 1.807) is 13.0 Å². The van der Waals surface area contributed by atoms with Crippen LogP contribution in [0, 0.1) is 0 Å². The van der Waals surface area contributed by atoms with Crippen molar-refractivity contribution in [2.75, 3.05) is 26.2 Å². The molecule has 1 aliphatic heterocycles. The number of rotatable bonds is 3. The molecule has 6 heteroatoms. The topological polar surface area (TPSA) is 53.8 Å². The third-order valence-electron chi connectivity index (χ3n) is 4.59. The van der Waals surface area contributed by atoms with Crippen molar-refractivity contribution in [3.8, 4) is 0 Å². The summed E-state index contributed by atoms with van der Waals surface area (Å²) < 4.78 is 5.35. The lowest BCUT2D eigenvalue weighted by atomic mass is 10.1. The molecule has 1 saturated heterocycles. The molecule has 0 spiro atoms. The van der Waals surface area contributed by atoms with Crippen molar-refractivity contribution in [2.45, 2.75) is 26.8 Å². The highest BCUT2D eigenvalue weighted by atomic mass is 35.5. The molecule has 1 aromatic heterocycles. The third kappa shape index (κ3) is 3.47. The number of nitrogens with zero attached hydrogens (tertiary/aromatic N) is 2. The van der Waals surface area contributed by atoms with E-state index < -0.39 is 0 Å². The first-order chi connectivity index (χ1) is 11.5. The van der Waals surface area contributed by atoms with Crippen LogP contribution in [0.2, 0.25) is 5.02 Å². The number of carbonyl (C=O) groups excluding carboxylic acids is 1. The van der Waals surface area contributed by atoms with E-state index in [1.807, 2.05) is 24.0 Å². The van der Waals surface area contributed by atoms with Gasteiger partial charge in [-0.05, 0) is 29.7 Å². The number of halogens is 1. The quantitative estimate of drug-likeness (QED) is 0.800. The predicted octanol–water partition coefficient (Wildman–Crippen LogP) is 2.67. The monoisotopic (exact) mass is 348 g/mol. The summed E-state index contributed by atoms with van der Waals surface area (Å²) in [6.45, 7) is 7.28. The molecule has 2 aromatic rings. The van der Waals surface area contributed by atoms with Crippen LogP contribution in [-0.4, -0.2) is 41.9 Å². The summed E-state index contributed by atoms with van der Waals surface area (Å²) >= 11 is 6.33. The number of benzene rings is 1. The molecule has 0 atom stereocenters. The maximum atomic E-state index is 11.9. The summed E-state index contributed by atoms with van der Waals surface area (Å²) in [5, 5.41) is 1.58. The van der Waals surface area contributed by atoms with Gasteiger partial charge in [-0.25, -0.2) is 4.79 Å². The predicted molar refractivity (Wildman–Crippen MR) is 94.4 cm³/mol. The number of fused-ring (bicyclic) bond motifs is 1. The van der Waals surface area contributed by atoms with E-state index in [0.717, 1.165) is 49.1 Å². The largest absolute Gasteiger partial charge is 0.423 e. The number of aryl methyl sites for hydroxylation is 1. The van der Waals surface area contributed by atoms with Gasteiger partial charge in [0, 0.05) is 56.1 Å². The zero-order chi connectivity index (χ0) is 17.3. The smallest absolute Gasteiger partial charge is 0.336 e. The minimum Gasteiger partial charge on any atom is -0.423 e. The van der Waals surface area contributed by atoms with Gasteiger partial charge in [-0.15, -0.1) is 0 Å². The second kappa shape index (κ2) is 6.95. The first-order valence-electron chi connectivity index (χ1n) is 8.21. The van der Waals surface area contributed by atoms with Crippen LogP contribution in [0.3, 0.4) is 0 Å². The summed E-state index contributed by atoms with van der Waals surface area (Å²) in [5.41, 5.74) is 2.13. The Morgan fingerprint density at radius 3 is 2.50 bits per heavy atom. The van der Waals surface area contributed by atoms with Crippen LogP contribution in [-0.2, 0) is 17.8 Å². The zero-order valence-electron chi connectivity index (χ0n) is 14.0. The van der Waals surface area contributed by atoms with Crippen LogP contribution in [0.1, 0.15) is 25.0 Å². The van der Waals surface area contributed by atoms with E-state index in [9.17, 15) is 9.59 Å². The van der Waals surface area contributed by atoms with Gasteiger partial charge in [0.25, 0.3) is 0 Å². The average Bonchev–Trinajstić information content (AvgIpc) is 2.55. The third-order valence-corrected chi connectivity index (χ3v) is 4.94. The van der Waals surface area contributed by atoms with Crippen molar-refractivity contribution >= 4 is 28.5 Å². The SMILES string of the molecule is CCc1cc2oc(=O)cc(CN3CCN(C(C)=O)CC3)c2cc1Cl. The highest BCUT2D eigenvalue weighted by molar-refractivity contribution is 6.32. The molecular formula is C18H21ClN2O3. The van der Waals surface area contributed by atoms with Gasteiger partial charge in [0.05, 0.1) is 0 Å². The molecule has 5 nitrogen and oxygen atoms in total. The van der Waals surface area contributed by atoms with Crippen LogP contribution >= 0.6 is 11.6 Å². The summed E-state index contributed by atoms with van der Waals surface area (Å²) in [6, 6.07) is 5.29. The summed E-state index contributed by atoms with van der Waals surface area (Å²) in [4.78, 5) is 27.4. The van der Waals surface area contributed by atoms with Crippen molar-refractivity contribution in [1.82, 2.24) is 9.80 Å². The van der Waals surface area contributed by atoms with E-state index in [1.165, 1.54) is 0 Å². The molecule has 0 bridgehead atoms. The molecular weight excluding hydrogens is 328 g/mol. The Hall–Kier alpha value is -1.85. The van der Waals surface area contributed by atoms with Crippen molar-refractivity contribution in [3.05, 3.63) is 44.8 Å². The molecule has 3 rings (SSSR count). The standard InChI is InChI=1S/C18H21ClN2O3/c1-3-13-8-17-15(10-16(13)19)14(9-18(23)24-17)11-20-4-6-21(7-5-20)12(2)22/h8-10H,3-7,11H2,1-2H3. The zero-order valence-corrected chi connectivity index (χ0v) is 14.7. The number of carbonyl (C=O) groups is 1. The second-order valence-electron chi connectivity index (χ2n) is 6.17. The summed E-state index contributed by atoms with van der Waals surface area (Å²) in [7, 11) is 0. The Labute approximate surface area is 145 Å². The van der Waals surface area contributed by atoms with Crippen molar-refractivity contribution in [2.24, 2.45) is 0 Å². The van der Waals surface area contributed by atoms with E-state index in [4.69, 9.17) is 16.0 Å². The molecule has 1 aliphatic rings. The van der Waals surface area contributed by atoms with E-state index in [-0.39, 0.29) is 11.5 Å². The van der Waals surface area contributed by atoms with E-state index >= 15 is 0 Å². The fourth-order valence-corrected chi connectivity index (χ4v) is 3.45. The molecule has 0 saturated carbocycles. The van der Waals surface area contributed by atoms with Crippen LogP contribution in [0.25, 0.3) is 11.0 Å². The lowest BCUT2D eigenvalue weighted by molar-refractivity contribution is -0.130. The van der Waals surface area contributed by atoms with Gasteiger partial charge < -0.3 is 9.32 Å². The first-order valence-corrected chi connectivity index (χ1v) is 8.58. The van der Waals surface area contributed by atoms with Crippen LogP contribution < -0.4 is 5.63 Å². The Kier molecular flexibility index (Phi) is 4.92. The van der Waals surface area contributed by atoms with Gasteiger partial charge in [0.15, 0.2) is 0 Å². The van der Waals surface area contributed by atoms with E-state index in [0.29, 0.717) is 17.2 Å². The molecule has 1 aromatic carbocycles. The Morgan fingerprint density at radius 1 is 1.17 bits per heavy atom. The first kappa shape index (κ1) is 17.0. The average molecular weight is 349 g/mol. The van der Waals surface area contributed by atoms with Gasteiger partial charge in [-0.3, -0.25) is 9.69 Å². The molecule has 128 valence electrons. The normalized spacial score (nSPS) is 15.9. The van der Waals surface area contributed by atoms with Gasteiger partial charge in [0.2, 0.25) is 5.91 Å². The van der Waals surface area contributed by atoms with Crippen LogP contribution in [0.5, 0.6) is 0 Å².